The Morgan fingerprint density at radius 3 is 2.79 bits per heavy atom. The first kappa shape index (κ1) is 14.3. The summed E-state index contributed by atoms with van der Waals surface area (Å²) in [6.45, 7) is 6.45. The molecule has 106 valence electrons. The van der Waals surface area contributed by atoms with Crippen LogP contribution in [0.25, 0.3) is 0 Å². The highest BCUT2D eigenvalue weighted by Crippen LogP contribution is 2.27. The molecular weight excluding hydrogens is 234 g/mol. The third-order valence-corrected chi connectivity index (χ3v) is 3.94. The maximum atomic E-state index is 4.61. The summed E-state index contributed by atoms with van der Waals surface area (Å²) < 4.78 is 0. The molecule has 0 radical (unpaired) electrons. The van der Waals surface area contributed by atoms with Gasteiger partial charge >= 0.3 is 0 Å². The molecule has 2 rings (SSSR count). The van der Waals surface area contributed by atoms with Crippen molar-refractivity contribution in [1.29, 1.82) is 0 Å². The van der Waals surface area contributed by atoms with Gasteiger partial charge in [0.2, 0.25) is 0 Å². The van der Waals surface area contributed by atoms with Gasteiger partial charge in [0.05, 0.1) is 0 Å². The summed E-state index contributed by atoms with van der Waals surface area (Å²) in [5.41, 5.74) is 1.32. The van der Waals surface area contributed by atoms with E-state index in [1.54, 1.807) is 0 Å². The first-order valence-corrected chi connectivity index (χ1v) is 7.56. The SMILES string of the molecule is CC(C)CNCc1cccnc1N(C)C1CCCC1. The van der Waals surface area contributed by atoms with Gasteiger partial charge in [0.25, 0.3) is 0 Å². The molecule has 1 fully saturated rings. The van der Waals surface area contributed by atoms with Gasteiger partial charge in [-0.2, -0.15) is 0 Å². The minimum absolute atomic E-state index is 0.679. The van der Waals surface area contributed by atoms with E-state index >= 15 is 0 Å². The van der Waals surface area contributed by atoms with Crippen LogP contribution in [0.2, 0.25) is 0 Å². The molecule has 0 saturated heterocycles. The minimum atomic E-state index is 0.679. The van der Waals surface area contributed by atoms with Crippen LogP contribution in [-0.4, -0.2) is 24.6 Å². The van der Waals surface area contributed by atoms with Crippen LogP contribution in [0.15, 0.2) is 18.3 Å². The molecule has 0 unspecified atom stereocenters. The molecule has 0 aromatic carbocycles. The molecule has 1 aliphatic carbocycles. The van der Waals surface area contributed by atoms with E-state index in [2.05, 4.69) is 42.2 Å². The normalized spacial score (nSPS) is 16.2. The number of pyridine rings is 1. The summed E-state index contributed by atoms with van der Waals surface area (Å²) in [5.74, 6) is 1.85. The van der Waals surface area contributed by atoms with E-state index in [-0.39, 0.29) is 0 Å². The summed E-state index contributed by atoms with van der Waals surface area (Å²) in [7, 11) is 2.20. The van der Waals surface area contributed by atoms with E-state index in [9.17, 15) is 0 Å². The maximum absolute atomic E-state index is 4.61. The molecule has 0 atom stereocenters. The van der Waals surface area contributed by atoms with Crippen LogP contribution in [0.3, 0.4) is 0 Å². The van der Waals surface area contributed by atoms with Gasteiger partial charge in [0, 0.05) is 31.4 Å². The lowest BCUT2D eigenvalue weighted by molar-refractivity contribution is 0.550. The number of anilines is 1. The summed E-state index contributed by atoms with van der Waals surface area (Å²) >= 11 is 0. The quantitative estimate of drug-likeness (QED) is 0.852. The minimum Gasteiger partial charge on any atom is -0.356 e. The van der Waals surface area contributed by atoms with Crippen LogP contribution in [0.5, 0.6) is 0 Å². The standard InChI is InChI=1S/C16H27N3/c1-13(2)11-17-12-14-7-6-10-18-16(14)19(3)15-8-4-5-9-15/h6-7,10,13,15,17H,4-5,8-9,11-12H2,1-3H3. The summed E-state index contributed by atoms with van der Waals surface area (Å²) in [5, 5.41) is 3.52. The van der Waals surface area contributed by atoms with Gasteiger partial charge in [-0.3, -0.25) is 0 Å². The van der Waals surface area contributed by atoms with Gasteiger partial charge in [0.15, 0.2) is 0 Å². The van der Waals surface area contributed by atoms with Crippen LogP contribution in [-0.2, 0) is 6.54 Å². The van der Waals surface area contributed by atoms with E-state index in [1.807, 2.05) is 12.3 Å². The monoisotopic (exact) mass is 261 g/mol. The number of nitrogens with one attached hydrogen (secondary N) is 1. The van der Waals surface area contributed by atoms with Gasteiger partial charge in [-0.15, -0.1) is 0 Å². The van der Waals surface area contributed by atoms with Crippen molar-refractivity contribution >= 4 is 5.82 Å². The summed E-state index contributed by atoms with van der Waals surface area (Å²) in [6.07, 6.45) is 7.26. The van der Waals surface area contributed by atoms with Crippen LogP contribution >= 0.6 is 0 Å². The van der Waals surface area contributed by atoms with Crippen molar-refractivity contribution in [1.82, 2.24) is 10.3 Å². The molecule has 1 aromatic rings. The lowest BCUT2D eigenvalue weighted by Crippen LogP contribution is -2.31. The Morgan fingerprint density at radius 1 is 1.37 bits per heavy atom. The van der Waals surface area contributed by atoms with Crippen LogP contribution < -0.4 is 10.2 Å². The van der Waals surface area contributed by atoms with Gasteiger partial charge in [-0.05, 0) is 31.4 Å². The highest BCUT2D eigenvalue weighted by Gasteiger charge is 2.22. The molecule has 19 heavy (non-hydrogen) atoms. The molecule has 1 N–H and O–H groups in total. The number of aromatic nitrogens is 1. The molecule has 1 saturated carbocycles. The van der Waals surface area contributed by atoms with E-state index in [0.29, 0.717) is 12.0 Å². The van der Waals surface area contributed by atoms with Crippen molar-refractivity contribution in [2.24, 2.45) is 5.92 Å². The molecule has 0 bridgehead atoms. The maximum Gasteiger partial charge on any atom is 0.132 e. The van der Waals surface area contributed by atoms with Gasteiger partial charge in [-0.1, -0.05) is 32.8 Å². The number of nitrogens with zero attached hydrogens (tertiary/aromatic N) is 2. The van der Waals surface area contributed by atoms with Crippen LogP contribution in [0.4, 0.5) is 5.82 Å². The number of rotatable bonds is 6. The first-order valence-electron chi connectivity index (χ1n) is 7.56. The van der Waals surface area contributed by atoms with Crippen molar-refractivity contribution < 1.29 is 0 Å². The van der Waals surface area contributed by atoms with Crippen molar-refractivity contribution in [3.8, 4) is 0 Å². The predicted octanol–water partition coefficient (Wildman–Crippen LogP) is 3.21. The second kappa shape index (κ2) is 6.90. The lowest BCUT2D eigenvalue weighted by Gasteiger charge is -2.27. The van der Waals surface area contributed by atoms with Crippen molar-refractivity contribution in [2.75, 3.05) is 18.5 Å². The third-order valence-electron chi connectivity index (χ3n) is 3.94. The van der Waals surface area contributed by atoms with Crippen LogP contribution in [0.1, 0.15) is 45.1 Å². The zero-order chi connectivity index (χ0) is 13.7. The molecule has 1 aliphatic rings. The smallest absolute Gasteiger partial charge is 0.132 e. The third kappa shape index (κ3) is 3.93. The van der Waals surface area contributed by atoms with Crippen molar-refractivity contribution in [3.63, 3.8) is 0 Å². The predicted molar refractivity (Wildman–Crippen MR) is 81.4 cm³/mol. The summed E-state index contributed by atoms with van der Waals surface area (Å²) in [4.78, 5) is 7.00. The fraction of sp³-hybridized carbons (Fsp3) is 0.688. The zero-order valence-corrected chi connectivity index (χ0v) is 12.5. The van der Waals surface area contributed by atoms with E-state index in [0.717, 1.165) is 18.9 Å². The Labute approximate surface area is 117 Å². The Morgan fingerprint density at radius 2 is 2.11 bits per heavy atom. The van der Waals surface area contributed by atoms with Crippen molar-refractivity contribution in [3.05, 3.63) is 23.9 Å². The first-order chi connectivity index (χ1) is 9.18. The van der Waals surface area contributed by atoms with Gasteiger partial charge in [0.1, 0.15) is 5.82 Å². The van der Waals surface area contributed by atoms with E-state index < -0.39 is 0 Å². The Bertz CT molecular complexity index is 383. The van der Waals surface area contributed by atoms with Gasteiger partial charge < -0.3 is 10.2 Å². The van der Waals surface area contributed by atoms with Crippen LogP contribution in [0, 0.1) is 5.92 Å². The fourth-order valence-electron chi connectivity index (χ4n) is 2.85. The molecule has 0 aliphatic heterocycles. The van der Waals surface area contributed by atoms with E-state index in [4.69, 9.17) is 0 Å². The largest absolute Gasteiger partial charge is 0.356 e. The van der Waals surface area contributed by atoms with E-state index in [1.165, 1.54) is 31.2 Å². The van der Waals surface area contributed by atoms with Crippen molar-refractivity contribution in [2.45, 2.75) is 52.1 Å². The highest BCUT2D eigenvalue weighted by atomic mass is 15.2. The Kier molecular flexibility index (Phi) is 5.20. The second-order valence-corrected chi connectivity index (χ2v) is 6.06. The average molecular weight is 261 g/mol. The Hall–Kier alpha value is -1.09. The summed E-state index contributed by atoms with van der Waals surface area (Å²) in [6, 6.07) is 4.91. The molecule has 1 aromatic heterocycles. The number of hydrogen-bond donors (Lipinski definition) is 1. The van der Waals surface area contributed by atoms with Gasteiger partial charge in [-0.25, -0.2) is 4.98 Å². The molecule has 0 spiro atoms. The molecule has 3 heteroatoms. The fourth-order valence-corrected chi connectivity index (χ4v) is 2.85. The topological polar surface area (TPSA) is 28.2 Å². The second-order valence-electron chi connectivity index (χ2n) is 6.06. The molecule has 0 amide bonds. The lowest BCUT2D eigenvalue weighted by atomic mass is 10.1. The molecule has 1 heterocycles. The Balaban J connectivity index is 2.02. The number of hydrogen-bond acceptors (Lipinski definition) is 3. The average Bonchev–Trinajstić information content (AvgIpc) is 2.92. The highest BCUT2D eigenvalue weighted by molar-refractivity contribution is 5.47. The molecular formula is C16H27N3. The molecule has 3 nitrogen and oxygen atoms in total. The zero-order valence-electron chi connectivity index (χ0n) is 12.5.